The molecular weight excluding hydrogens is 166 g/mol. The zero-order chi connectivity index (χ0) is 10.1. The monoisotopic (exact) mass is 182 g/mol. The molecule has 1 aromatic rings. The fourth-order valence-corrected chi connectivity index (χ4v) is 0.929. The minimum Gasteiger partial charge on any atom is -0.481 e. The van der Waals surface area contributed by atoms with E-state index in [1.807, 2.05) is 34.1 Å². The van der Waals surface area contributed by atoms with E-state index in [0.29, 0.717) is 10.4 Å². The third kappa shape index (κ3) is 2.39. The molecule has 0 bridgehead atoms. The van der Waals surface area contributed by atoms with E-state index in [1.54, 1.807) is 7.11 Å². The van der Waals surface area contributed by atoms with Crippen molar-refractivity contribution in [1.82, 2.24) is 14.5 Å². The van der Waals surface area contributed by atoms with Crippen molar-refractivity contribution < 1.29 is 4.74 Å². The van der Waals surface area contributed by atoms with Crippen molar-refractivity contribution >= 4 is 5.95 Å². The smallest absolute Gasteiger partial charge is 0.331 e. The Bertz CT molecular complexity index is 304. The van der Waals surface area contributed by atoms with Crippen LogP contribution >= 0.6 is 0 Å². The number of nitrogens with zero attached hydrogens (tertiary/aromatic N) is 3. The minimum absolute atomic E-state index is 0.595. The molecule has 0 spiro atoms. The van der Waals surface area contributed by atoms with E-state index in [9.17, 15) is 0 Å². The maximum Gasteiger partial charge on any atom is 0.331 e. The predicted molar refractivity (Wildman–Crippen MR) is 52.9 cm³/mol. The first-order valence-electron chi connectivity index (χ1n) is 4.15. The standard InChI is InChI=1S/C9H16N3O/c1-7-6-8(13-5)11-9(10-7)12(2,3)4/h6H,1-5H3/q+1. The lowest BCUT2D eigenvalue weighted by Gasteiger charge is -2.20. The molecule has 72 valence electrons. The van der Waals surface area contributed by atoms with Crippen LogP contribution in [-0.4, -0.2) is 38.2 Å². The maximum atomic E-state index is 5.07. The average molecular weight is 182 g/mol. The summed E-state index contributed by atoms with van der Waals surface area (Å²) in [5.41, 5.74) is 0.926. The Morgan fingerprint density at radius 1 is 1.23 bits per heavy atom. The van der Waals surface area contributed by atoms with E-state index < -0.39 is 0 Å². The van der Waals surface area contributed by atoms with Gasteiger partial charge in [0.1, 0.15) is 0 Å². The van der Waals surface area contributed by atoms with Crippen LogP contribution in [0.4, 0.5) is 5.95 Å². The highest BCUT2D eigenvalue weighted by Crippen LogP contribution is 2.16. The number of hydrogen-bond acceptors (Lipinski definition) is 3. The molecule has 0 amide bonds. The third-order valence-electron chi connectivity index (χ3n) is 1.63. The lowest BCUT2D eigenvalue weighted by atomic mass is 10.4. The SMILES string of the molecule is COc1cc(C)nc([N+](C)(C)C)n1. The van der Waals surface area contributed by atoms with Gasteiger partial charge in [-0.1, -0.05) is 0 Å². The first-order valence-corrected chi connectivity index (χ1v) is 4.15. The van der Waals surface area contributed by atoms with Crippen LogP contribution in [0.3, 0.4) is 0 Å². The summed E-state index contributed by atoms with van der Waals surface area (Å²) >= 11 is 0. The topological polar surface area (TPSA) is 35.0 Å². The van der Waals surface area contributed by atoms with Gasteiger partial charge in [-0.25, -0.2) is 0 Å². The first kappa shape index (κ1) is 9.92. The van der Waals surface area contributed by atoms with Crippen molar-refractivity contribution in [3.8, 4) is 5.88 Å². The summed E-state index contributed by atoms with van der Waals surface area (Å²) < 4.78 is 5.66. The summed E-state index contributed by atoms with van der Waals surface area (Å²) in [7, 11) is 7.68. The second-order valence-corrected chi connectivity index (χ2v) is 3.86. The molecule has 0 N–H and O–H groups in total. The molecule has 13 heavy (non-hydrogen) atoms. The van der Waals surface area contributed by atoms with Crippen molar-refractivity contribution in [2.75, 3.05) is 28.3 Å². The largest absolute Gasteiger partial charge is 0.481 e. The lowest BCUT2D eigenvalue weighted by molar-refractivity contribution is 0.384. The number of ether oxygens (including phenoxy) is 1. The van der Waals surface area contributed by atoms with Crippen LogP contribution < -0.4 is 9.22 Å². The van der Waals surface area contributed by atoms with Crippen LogP contribution in [-0.2, 0) is 0 Å². The van der Waals surface area contributed by atoms with Crippen LogP contribution in [0.1, 0.15) is 5.69 Å². The van der Waals surface area contributed by atoms with Crippen LogP contribution in [0, 0.1) is 6.92 Å². The van der Waals surface area contributed by atoms with Gasteiger partial charge in [-0.05, 0) is 6.92 Å². The van der Waals surface area contributed by atoms with E-state index >= 15 is 0 Å². The van der Waals surface area contributed by atoms with E-state index in [1.165, 1.54) is 0 Å². The number of rotatable bonds is 2. The molecule has 1 aromatic heterocycles. The molecular formula is C9H16N3O+. The molecule has 0 aliphatic rings. The van der Waals surface area contributed by atoms with Crippen molar-refractivity contribution in [3.05, 3.63) is 11.8 Å². The van der Waals surface area contributed by atoms with Crippen LogP contribution in [0.2, 0.25) is 0 Å². The second-order valence-electron chi connectivity index (χ2n) is 3.86. The fourth-order valence-electron chi connectivity index (χ4n) is 0.929. The molecule has 0 atom stereocenters. The number of aryl methyl sites for hydroxylation is 1. The minimum atomic E-state index is 0.595. The number of quaternary nitrogens is 1. The van der Waals surface area contributed by atoms with Crippen LogP contribution in [0.15, 0.2) is 6.07 Å². The van der Waals surface area contributed by atoms with Gasteiger partial charge in [0, 0.05) is 6.07 Å². The molecule has 0 unspecified atom stereocenters. The second kappa shape index (κ2) is 3.30. The highest BCUT2D eigenvalue weighted by Gasteiger charge is 2.17. The Kier molecular flexibility index (Phi) is 2.52. The van der Waals surface area contributed by atoms with Gasteiger partial charge in [-0.15, -0.1) is 4.98 Å². The Hall–Kier alpha value is -1.16. The molecule has 0 aliphatic carbocycles. The third-order valence-corrected chi connectivity index (χ3v) is 1.63. The van der Waals surface area contributed by atoms with Gasteiger partial charge in [0.2, 0.25) is 5.88 Å². The Morgan fingerprint density at radius 2 is 1.85 bits per heavy atom. The molecule has 0 saturated heterocycles. The summed E-state index contributed by atoms with van der Waals surface area (Å²) in [5, 5.41) is 0. The Balaban J connectivity index is 3.16. The summed E-state index contributed by atoms with van der Waals surface area (Å²) in [6.07, 6.45) is 0. The molecule has 0 aromatic carbocycles. The van der Waals surface area contributed by atoms with Gasteiger partial charge in [-0.3, -0.25) is 4.48 Å². The van der Waals surface area contributed by atoms with Crippen molar-refractivity contribution in [2.45, 2.75) is 6.92 Å². The molecule has 0 fully saturated rings. The van der Waals surface area contributed by atoms with E-state index in [-0.39, 0.29) is 0 Å². The van der Waals surface area contributed by atoms with Gasteiger partial charge in [-0.2, -0.15) is 4.98 Å². The number of hydrogen-bond donors (Lipinski definition) is 0. The van der Waals surface area contributed by atoms with Crippen LogP contribution in [0.25, 0.3) is 0 Å². The Morgan fingerprint density at radius 3 is 2.31 bits per heavy atom. The van der Waals surface area contributed by atoms with Gasteiger partial charge >= 0.3 is 5.95 Å². The highest BCUT2D eigenvalue weighted by atomic mass is 16.5. The summed E-state index contributed by atoms with van der Waals surface area (Å²) in [4.78, 5) is 8.60. The zero-order valence-corrected chi connectivity index (χ0v) is 8.83. The summed E-state index contributed by atoms with van der Waals surface area (Å²) in [6.45, 7) is 1.93. The normalized spacial score (nSPS) is 11.5. The Labute approximate surface area is 78.8 Å². The molecule has 0 saturated carbocycles. The summed E-state index contributed by atoms with van der Waals surface area (Å²) in [6, 6.07) is 1.82. The quantitative estimate of drug-likeness (QED) is 0.640. The van der Waals surface area contributed by atoms with Crippen molar-refractivity contribution in [2.24, 2.45) is 0 Å². The number of methoxy groups -OCH3 is 1. The zero-order valence-electron chi connectivity index (χ0n) is 8.83. The first-order chi connectivity index (χ1) is 5.93. The van der Waals surface area contributed by atoms with Gasteiger partial charge < -0.3 is 4.74 Å². The van der Waals surface area contributed by atoms with Gasteiger partial charge in [0.25, 0.3) is 0 Å². The average Bonchev–Trinajstić information content (AvgIpc) is 2.01. The van der Waals surface area contributed by atoms with Crippen LogP contribution in [0.5, 0.6) is 5.88 Å². The molecule has 1 heterocycles. The molecule has 4 nitrogen and oxygen atoms in total. The molecule has 0 radical (unpaired) electrons. The molecule has 4 heteroatoms. The molecule has 1 rings (SSSR count). The number of aromatic nitrogens is 2. The van der Waals surface area contributed by atoms with Gasteiger partial charge in [0.15, 0.2) is 0 Å². The van der Waals surface area contributed by atoms with Crippen molar-refractivity contribution in [3.63, 3.8) is 0 Å². The van der Waals surface area contributed by atoms with Crippen molar-refractivity contribution in [1.29, 1.82) is 0 Å². The maximum absolute atomic E-state index is 5.07. The van der Waals surface area contributed by atoms with E-state index in [4.69, 9.17) is 4.74 Å². The summed E-state index contributed by atoms with van der Waals surface area (Å²) in [5.74, 6) is 1.38. The van der Waals surface area contributed by atoms with Gasteiger partial charge in [0.05, 0.1) is 33.9 Å². The molecule has 0 aliphatic heterocycles. The highest BCUT2D eigenvalue weighted by molar-refractivity contribution is 5.28. The van der Waals surface area contributed by atoms with E-state index in [0.717, 1.165) is 11.6 Å². The van der Waals surface area contributed by atoms with E-state index in [2.05, 4.69) is 9.97 Å². The predicted octanol–water partition coefficient (Wildman–Crippen LogP) is 0.990. The fraction of sp³-hybridized carbons (Fsp3) is 0.556. The lowest BCUT2D eigenvalue weighted by Crippen LogP contribution is -2.36.